The summed E-state index contributed by atoms with van der Waals surface area (Å²) in [7, 11) is 0. The molecule has 0 saturated carbocycles. The van der Waals surface area contributed by atoms with Crippen LogP contribution < -0.4 is 0 Å². The standard InChI is InChI=1S/C27H50N2/c1-5-8-10-11-14-25(4)22-29-23-27(24-29)17-20-28(21-18-27)19-12-16-26(13-7-3)15-9-6-2/h25-26H,5-11,13-15,17-24H2,1-4H3. The van der Waals surface area contributed by atoms with E-state index in [0.717, 1.165) is 12.5 Å². The highest BCUT2D eigenvalue weighted by atomic mass is 15.2. The van der Waals surface area contributed by atoms with Gasteiger partial charge in [0.15, 0.2) is 0 Å². The molecule has 2 aliphatic rings. The molecule has 0 amide bonds. The van der Waals surface area contributed by atoms with Gasteiger partial charge in [0, 0.05) is 25.6 Å². The van der Waals surface area contributed by atoms with Gasteiger partial charge in [-0.1, -0.05) is 84.5 Å². The van der Waals surface area contributed by atoms with Crippen molar-refractivity contribution in [1.82, 2.24) is 9.80 Å². The first-order valence-electron chi connectivity index (χ1n) is 13.0. The van der Waals surface area contributed by atoms with Crippen LogP contribution in [0.3, 0.4) is 0 Å². The maximum Gasteiger partial charge on any atom is 0.0601 e. The van der Waals surface area contributed by atoms with Crippen LogP contribution in [-0.4, -0.2) is 49.1 Å². The lowest BCUT2D eigenvalue weighted by Crippen LogP contribution is -2.60. The van der Waals surface area contributed by atoms with Gasteiger partial charge in [-0.05, 0) is 56.5 Å². The summed E-state index contributed by atoms with van der Waals surface area (Å²) in [5, 5.41) is 0. The Hall–Kier alpha value is -0.520. The maximum atomic E-state index is 3.60. The van der Waals surface area contributed by atoms with Crippen molar-refractivity contribution in [3.63, 3.8) is 0 Å². The lowest BCUT2D eigenvalue weighted by atomic mass is 9.71. The van der Waals surface area contributed by atoms with Gasteiger partial charge in [-0.2, -0.15) is 0 Å². The van der Waals surface area contributed by atoms with Gasteiger partial charge in [-0.15, -0.1) is 0 Å². The second kappa shape index (κ2) is 13.7. The summed E-state index contributed by atoms with van der Waals surface area (Å²) >= 11 is 0. The molecular formula is C27H50N2. The van der Waals surface area contributed by atoms with Gasteiger partial charge < -0.3 is 4.90 Å². The van der Waals surface area contributed by atoms with Crippen molar-refractivity contribution in [2.45, 2.75) is 105 Å². The third-order valence-electron chi connectivity index (χ3n) is 7.31. The molecule has 0 aliphatic carbocycles. The maximum absolute atomic E-state index is 3.60. The zero-order chi connectivity index (χ0) is 21.0. The summed E-state index contributed by atoms with van der Waals surface area (Å²) in [5.41, 5.74) is 0.651. The average molecular weight is 403 g/mol. The Morgan fingerprint density at radius 3 is 2.17 bits per heavy atom. The van der Waals surface area contributed by atoms with E-state index in [-0.39, 0.29) is 0 Å². The second-order valence-electron chi connectivity index (χ2n) is 10.3. The topological polar surface area (TPSA) is 6.48 Å². The quantitative estimate of drug-likeness (QED) is 0.253. The molecule has 0 aromatic carbocycles. The van der Waals surface area contributed by atoms with Crippen molar-refractivity contribution in [2.24, 2.45) is 17.3 Å². The van der Waals surface area contributed by atoms with E-state index < -0.39 is 0 Å². The van der Waals surface area contributed by atoms with Crippen LogP contribution in [0.2, 0.25) is 0 Å². The minimum Gasteiger partial charge on any atom is -0.302 e. The van der Waals surface area contributed by atoms with E-state index in [2.05, 4.69) is 49.3 Å². The number of unbranched alkanes of at least 4 members (excludes halogenated alkanes) is 4. The van der Waals surface area contributed by atoms with Crippen molar-refractivity contribution in [3.8, 4) is 11.8 Å². The average Bonchev–Trinajstić information content (AvgIpc) is 2.69. The smallest absolute Gasteiger partial charge is 0.0601 e. The van der Waals surface area contributed by atoms with Crippen molar-refractivity contribution < 1.29 is 0 Å². The number of hydrogen-bond donors (Lipinski definition) is 0. The summed E-state index contributed by atoms with van der Waals surface area (Å²) in [6.45, 7) is 16.9. The number of rotatable bonds is 13. The Bertz CT molecular complexity index is 473. The van der Waals surface area contributed by atoms with Gasteiger partial charge >= 0.3 is 0 Å². The Morgan fingerprint density at radius 1 is 0.793 bits per heavy atom. The third-order valence-corrected chi connectivity index (χ3v) is 7.31. The fourth-order valence-electron chi connectivity index (χ4n) is 5.37. The largest absolute Gasteiger partial charge is 0.302 e. The van der Waals surface area contributed by atoms with Crippen LogP contribution in [0.1, 0.15) is 105 Å². The second-order valence-corrected chi connectivity index (χ2v) is 10.3. The predicted molar refractivity (Wildman–Crippen MR) is 128 cm³/mol. The summed E-state index contributed by atoms with van der Waals surface area (Å²) in [4.78, 5) is 5.35. The van der Waals surface area contributed by atoms with Gasteiger partial charge in [-0.25, -0.2) is 0 Å². The molecule has 29 heavy (non-hydrogen) atoms. The molecule has 2 atom stereocenters. The molecule has 2 heteroatoms. The Morgan fingerprint density at radius 2 is 1.52 bits per heavy atom. The van der Waals surface area contributed by atoms with Crippen LogP contribution in [0, 0.1) is 29.1 Å². The first kappa shape index (κ1) is 24.7. The fraction of sp³-hybridized carbons (Fsp3) is 0.926. The van der Waals surface area contributed by atoms with Crippen LogP contribution >= 0.6 is 0 Å². The van der Waals surface area contributed by atoms with Crippen LogP contribution in [-0.2, 0) is 0 Å². The Kier molecular flexibility index (Phi) is 11.7. The molecule has 2 saturated heterocycles. The molecule has 0 aromatic heterocycles. The van der Waals surface area contributed by atoms with E-state index in [0.29, 0.717) is 11.3 Å². The molecule has 0 N–H and O–H groups in total. The van der Waals surface area contributed by atoms with E-state index in [9.17, 15) is 0 Å². The van der Waals surface area contributed by atoms with Crippen LogP contribution in [0.15, 0.2) is 0 Å². The van der Waals surface area contributed by atoms with Gasteiger partial charge in [0.05, 0.1) is 6.54 Å². The van der Waals surface area contributed by atoms with E-state index in [1.165, 1.54) is 110 Å². The normalized spacial score (nSPS) is 21.4. The predicted octanol–water partition coefficient (Wildman–Crippen LogP) is 6.60. The molecule has 2 heterocycles. The summed E-state index contributed by atoms with van der Waals surface area (Å²) in [6, 6.07) is 0. The van der Waals surface area contributed by atoms with Crippen LogP contribution in [0.5, 0.6) is 0 Å². The van der Waals surface area contributed by atoms with E-state index >= 15 is 0 Å². The molecule has 0 aromatic rings. The molecule has 2 rings (SSSR count). The third kappa shape index (κ3) is 9.02. The summed E-state index contributed by atoms with van der Waals surface area (Å²) < 4.78 is 0. The molecule has 0 bridgehead atoms. The van der Waals surface area contributed by atoms with E-state index in [1.54, 1.807) is 0 Å². The zero-order valence-corrected chi connectivity index (χ0v) is 20.3. The van der Waals surface area contributed by atoms with Gasteiger partial charge in [-0.3, -0.25) is 4.90 Å². The molecule has 1 spiro atoms. The minimum absolute atomic E-state index is 0.639. The van der Waals surface area contributed by atoms with Crippen LogP contribution in [0.25, 0.3) is 0 Å². The van der Waals surface area contributed by atoms with Crippen molar-refractivity contribution in [3.05, 3.63) is 0 Å². The summed E-state index contributed by atoms with van der Waals surface area (Å²) in [5.74, 6) is 8.66. The summed E-state index contributed by atoms with van der Waals surface area (Å²) in [6.07, 6.45) is 16.3. The molecule has 2 unspecified atom stereocenters. The van der Waals surface area contributed by atoms with Crippen molar-refractivity contribution in [2.75, 3.05) is 39.3 Å². The van der Waals surface area contributed by atoms with Crippen LogP contribution in [0.4, 0.5) is 0 Å². The molecule has 2 fully saturated rings. The van der Waals surface area contributed by atoms with E-state index in [1.807, 2.05) is 0 Å². The van der Waals surface area contributed by atoms with Gasteiger partial charge in [0.25, 0.3) is 0 Å². The molecular weight excluding hydrogens is 352 g/mol. The van der Waals surface area contributed by atoms with Gasteiger partial charge in [0.2, 0.25) is 0 Å². The minimum atomic E-state index is 0.639. The highest BCUT2D eigenvalue weighted by molar-refractivity contribution is 5.07. The molecule has 0 radical (unpaired) electrons. The van der Waals surface area contributed by atoms with Crippen molar-refractivity contribution in [1.29, 1.82) is 0 Å². The number of likely N-dealkylation sites (tertiary alicyclic amines) is 2. The van der Waals surface area contributed by atoms with Crippen molar-refractivity contribution >= 4 is 0 Å². The number of nitrogens with zero attached hydrogens (tertiary/aromatic N) is 2. The number of hydrogen-bond acceptors (Lipinski definition) is 2. The zero-order valence-electron chi connectivity index (χ0n) is 20.3. The Balaban J connectivity index is 1.60. The lowest BCUT2D eigenvalue weighted by Gasteiger charge is -2.54. The first-order valence-corrected chi connectivity index (χ1v) is 13.0. The highest BCUT2D eigenvalue weighted by Crippen LogP contribution is 2.40. The highest BCUT2D eigenvalue weighted by Gasteiger charge is 2.44. The van der Waals surface area contributed by atoms with E-state index in [4.69, 9.17) is 0 Å². The Labute approximate surface area is 183 Å². The number of piperidine rings is 1. The monoisotopic (exact) mass is 402 g/mol. The molecule has 2 aliphatic heterocycles. The SMILES string of the molecule is CCCCCCC(C)CN1CC2(CCN(CC#CC(CCC)CCCC)CC2)C1. The molecule has 168 valence electrons. The lowest BCUT2D eigenvalue weighted by molar-refractivity contribution is -0.0507. The fourth-order valence-corrected chi connectivity index (χ4v) is 5.37. The first-order chi connectivity index (χ1) is 14.1. The molecule has 2 nitrogen and oxygen atoms in total. The van der Waals surface area contributed by atoms with Gasteiger partial charge in [0.1, 0.15) is 0 Å².